The highest BCUT2D eigenvalue weighted by atomic mass is 16.6. The van der Waals surface area contributed by atoms with Crippen molar-refractivity contribution >= 4 is 6.09 Å². The van der Waals surface area contributed by atoms with Gasteiger partial charge in [0.2, 0.25) is 0 Å². The highest BCUT2D eigenvalue weighted by Crippen LogP contribution is 2.30. The fourth-order valence-electron chi connectivity index (χ4n) is 2.30. The van der Waals surface area contributed by atoms with Gasteiger partial charge < -0.3 is 14.4 Å². The first kappa shape index (κ1) is 13.4. The predicted molar refractivity (Wildman–Crippen MR) is 73.1 cm³/mol. The van der Waals surface area contributed by atoms with Crippen molar-refractivity contribution in [2.75, 3.05) is 19.7 Å². The molecule has 0 aromatic carbocycles. The lowest BCUT2D eigenvalue weighted by Gasteiger charge is -2.16. The summed E-state index contributed by atoms with van der Waals surface area (Å²) in [5.41, 5.74) is 0.765. The van der Waals surface area contributed by atoms with E-state index in [-0.39, 0.29) is 18.8 Å². The number of hydrogen-bond acceptors (Lipinski definition) is 4. The Morgan fingerprint density at radius 1 is 1.35 bits per heavy atom. The fourth-order valence-corrected chi connectivity index (χ4v) is 2.30. The molecule has 1 aromatic heterocycles. The van der Waals surface area contributed by atoms with Crippen molar-refractivity contribution in [3.8, 4) is 0 Å². The second kappa shape index (κ2) is 6.22. The van der Waals surface area contributed by atoms with E-state index in [0.717, 1.165) is 31.2 Å². The van der Waals surface area contributed by atoms with Crippen molar-refractivity contribution in [3.05, 3.63) is 30.1 Å². The number of hydrogen-bond donors (Lipinski definition) is 0. The molecule has 1 atom stereocenters. The molecule has 0 spiro atoms. The lowest BCUT2D eigenvalue weighted by Crippen LogP contribution is -2.30. The minimum Gasteiger partial charge on any atom is -0.443 e. The molecule has 0 radical (unpaired) electrons. The number of likely N-dealkylation sites (tertiary alicyclic amines) is 1. The summed E-state index contributed by atoms with van der Waals surface area (Å²) < 4.78 is 11.1. The first-order valence-corrected chi connectivity index (χ1v) is 7.24. The second-order valence-electron chi connectivity index (χ2n) is 5.51. The summed E-state index contributed by atoms with van der Waals surface area (Å²) >= 11 is 0. The van der Waals surface area contributed by atoms with Crippen LogP contribution in [0.2, 0.25) is 0 Å². The van der Waals surface area contributed by atoms with Crippen molar-refractivity contribution in [3.63, 3.8) is 0 Å². The van der Waals surface area contributed by atoms with Gasteiger partial charge in [-0.05, 0) is 37.3 Å². The molecule has 5 heteroatoms. The minimum absolute atomic E-state index is 0.179. The monoisotopic (exact) mass is 276 g/mol. The summed E-state index contributed by atoms with van der Waals surface area (Å²) in [5, 5.41) is 0. The molecular formula is C15H20N2O3. The Balaban J connectivity index is 1.39. The van der Waals surface area contributed by atoms with E-state index in [0.29, 0.717) is 6.54 Å². The third-order valence-electron chi connectivity index (χ3n) is 3.74. The highest BCUT2D eigenvalue weighted by molar-refractivity contribution is 5.68. The fraction of sp³-hybridized carbons (Fsp3) is 0.600. The van der Waals surface area contributed by atoms with E-state index in [4.69, 9.17) is 9.47 Å². The van der Waals surface area contributed by atoms with E-state index < -0.39 is 0 Å². The van der Waals surface area contributed by atoms with Gasteiger partial charge in [-0.25, -0.2) is 4.79 Å². The van der Waals surface area contributed by atoms with Crippen molar-refractivity contribution in [2.24, 2.45) is 5.92 Å². The Hall–Kier alpha value is -1.62. The van der Waals surface area contributed by atoms with E-state index in [1.807, 2.05) is 18.2 Å². The third-order valence-corrected chi connectivity index (χ3v) is 3.74. The molecule has 5 nitrogen and oxygen atoms in total. The Kier molecular flexibility index (Phi) is 4.16. The average molecular weight is 276 g/mol. The van der Waals surface area contributed by atoms with Crippen LogP contribution in [0.1, 0.15) is 25.0 Å². The van der Waals surface area contributed by atoms with Crippen molar-refractivity contribution in [1.82, 2.24) is 9.88 Å². The van der Waals surface area contributed by atoms with Crippen LogP contribution in [0.4, 0.5) is 4.79 Å². The van der Waals surface area contributed by atoms with Gasteiger partial charge in [-0.15, -0.1) is 0 Å². The van der Waals surface area contributed by atoms with Crippen LogP contribution in [0.15, 0.2) is 24.4 Å². The zero-order valence-corrected chi connectivity index (χ0v) is 11.5. The summed E-state index contributed by atoms with van der Waals surface area (Å²) in [6.07, 6.45) is 5.10. The first-order chi connectivity index (χ1) is 9.81. The molecular weight excluding hydrogens is 256 g/mol. The lowest BCUT2D eigenvalue weighted by atomic mass is 10.3. The molecule has 2 aliphatic rings. The number of aromatic nitrogens is 1. The van der Waals surface area contributed by atoms with Crippen LogP contribution < -0.4 is 0 Å². The van der Waals surface area contributed by atoms with Crippen LogP contribution >= 0.6 is 0 Å². The van der Waals surface area contributed by atoms with Gasteiger partial charge in [-0.3, -0.25) is 4.98 Å². The Bertz CT molecular complexity index is 448. The van der Waals surface area contributed by atoms with Gasteiger partial charge in [-0.1, -0.05) is 6.07 Å². The van der Waals surface area contributed by atoms with Crippen LogP contribution in [0.3, 0.4) is 0 Å². The zero-order chi connectivity index (χ0) is 13.8. The summed E-state index contributed by atoms with van der Waals surface area (Å²) in [6, 6.07) is 5.57. The van der Waals surface area contributed by atoms with Crippen molar-refractivity contribution < 1.29 is 14.3 Å². The van der Waals surface area contributed by atoms with Gasteiger partial charge in [0, 0.05) is 19.3 Å². The molecule has 0 unspecified atom stereocenters. The van der Waals surface area contributed by atoms with Gasteiger partial charge in [0.15, 0.2) is 0 Å². The molecule has 0 N–H and O–H groups in total. The average Bonchev–Trinajstić information content (AvgIpc) is 3.20. The second-order valence-corrected chi connectivity index (χ2v) is 5.51. The van der Waals surface area contributed by atoms with Crippen LogP contribution in [0, 0.1) is 5.92 Å². The molecule has 1 amide bonds. The maximum Gasteiger partial charge on any atom is 0.410 e. The Morgan fingerprint density at radius 2 is 2.25 bits per heavy atom. The predicted octanol–water partition coefficient (Wildman–Crippen LogP) is 2.22. The maximum atomic E-state index is 11.9. The summed E-state index contributed by atoms with van der Waals surface area (Å²) in [4.78, 5) is 17.8. The molecule has 1 aliphatic heterocycles. The van der Waals surface area contributed by atoms with E-state index in [1.165, 1.54) is 12.8 Å². The topological polar surface area (TPSA) is 51.7 Å². The SMILES string of the molecule is O=C(OCc1ccccn1)N1CC[C@H](OCC2CC2)C1. The van der Waals surface area contributed by atoms with Gasteiger partial charge in [0.05, 0.1) is 18.3 Å². The smallest absolute Gasteiger partial charge is 0.410 e. The van der Waals surface area contributed by atoms with E-state index in [9.17, 15) is 4.79 Å². The number of rotatable bonds is 5. The van der Waals surface area contributed by atoms with Crippen molar-refractivity contribution in [1.29, 1.82) is 0 Å². The molecule has 3 rings (SSSR count). The molecule has 1 saturated carbocycles. The molecule has 2 heterocycles. The first-order valence-electron chi connectivity index (χ1n) is 7.24. The quantitative estimate of drug-likeness (QED) is 0.827. The van der Waals surface area contributed by atoms with Gasteiger partial charge >= 0.3 is 6.09 Å². The summed E-state index contributed by atoms with van der Waals surface area (Å²) in [6.45, 7) is 2.44. The molecule has 20 heavy (non-hydrogen) atoms. The molecule has 108 valence electrons. The highest BCUT2D eigenvalue weighted by Gasteiger charge is 2.30. The molecule has 2 fully saturated rings. The lowest BCUT2D eigenvalue weighted by molar-refractivity contribution is 0.0477. The number of carbonyl (C=O) groups is 1. The number of carbonyl (C=O) groups excluding carboxylic acids is 1. The number of ether oxygens (including phenoxy) is 2. The van der Waals surface area contributed by atoms with E-state index in [2.05, 4.69) is 4.98 Å². The van der Waals surface area contributed by atoms with Crippen LogP contribution in [0.5, 0.6) is 0 Å². The van der Waals surface area contributed by atoms with E-state index in [1.54, 1.807) is 11.1 Å². The normalized spacial score (nSPS) is 22.0. The number of nitrogens with zero attached hydrogens (tertiary/aromatic N) is 2. The van der Waals surface area contributed by atoms with E-state index >= 15 is 0 Å². The number of amides is 1. The molecule has 0 bridgehead atoms. The molecule has 1 aliphatic carbocycles. The summed E-state index contributed by atoms with van der Waals surface area (Å²) in [7, 11) is 0. The Labute approximate surface area is 118 Å². The minimum atomic E-state index is -0.270. The standard InChI is InChI=1S/C15H20N2O3/c18-15(20-11-13-3-1-2-7-16-13)17-8-6-14(9-17)19-10-12-4-5-12/h1-3,7,12,14H,4-6,8-11H2/t14-/m0/s1. The van der Waals surface area contributed by atoms with Gasteiger partial charge in [-0.2, -0.15) is 0 Å². The van der Waals surface area contributed by atoms with Gasteiger partial charge in [0.1, 0.15) is 6.61 Å². The van der Waals surface area contributed by atoms with Crippen LogP contribution in [0.25, 0.3) is 0 Å². The maximum absolute atomic E-state index is 11.9. The third kappa shape index (κ3) is 3.70. The number of pyridine rings is 1. The largest absolute Gasteiger partial charge is 0.443 e. The zero-order valence-electron chi connectivity index (χ0n) is 11.5. The van der Waals surface area contributed by atoms with Crippen LogP contribution in [-0.2, 0) is 16.1 Å². The molecule has 1 aromatic rings. The van der Waals surface area contributed by atoms with Gasteiger partial charge in [0.25, 0.3) is 0 Å². The molecule has 1 saturated heterocycles. The van der Waals surface area contributed by atoms with Crippen molar-refractivity contribution in [2.45, 2.75) is 32.0 Å². The summed E-state index contributed by atoms with van der Waals surface area (Å²) in [5.74, 6) is 0.764. The Morgan fingerprint density at radius 3 is 3.00 bits per heavy atom. The van der Waals surface area contributed by atoms with Crippen LogP contribution in [-0.4, -0.2) is 41.8 Å².